The molecule has 0 fully saturated rings. The monoisotopic (exact) mass is 535 g/mol. The van der Waals surface area contributed by atoms with Crippen molar-refractivity contribution in [1.29, 1.82) is 0 Å². The molecule has 3 aromatic heterocycles. The van der Waals surface area contributed by atoms with E-state index in [0.717, 1.165) is 28.3 Å². The number of fused-ring (bicyclic) bond motifs is 1. The molecule has 0 atom stereocenters. The minimum atomic E-state index is -4.45. The highest BCUT2D eigenvalue weighted by atomic mass is 32.1. The van der Waals surface area contributed by atoms with Crippen molar-refractivity contribution in [3.63, 3.8) is 0 Å². The molecule has 0 unspecified atom stereocenters. The molecule has 6 nitrogen and oxygen atoms in total. The number of nitrogens with zero attached hydrogens (tertiary/aromatic N) is 3. The first-order valence-electron chi connectivity index (χ1n) is 11.4. The van der Waals surface area contributed by atoms with E-state index in [1.807, 2.05) is 42.5 Å². The molecule has 0 bridgehead atoms. The van der Waals surface area contributed by atoms with Gasteiger partial charge in [0.25, 0.3) is 5.56 Å². The van der Waals surface area contributed by atoms with Crippen molar-refractivity contribution in [2.45, 2.75) is 12.8 Å². The van der Waals surface area contributed by atoms with Gasteiger partial charge in [-0.2, -0.15) is 13.2 Å². The van der Waals surface area contributed by atoms with Gasteiger partial charge in [-0.05, 0) is 48.0 Å². The van der Waals surface area contributed by atoms with Gasteiger partial charge in [0.2, 0.25) is 0 Å². The number of halogens is 3. The van der Waals surface area contributed by atoms with Crippen LogP contribution in [-0.4, -0.2) is 21.5 Å². The number of rotatable bonds is 7. The molecule has 38 heavy (non-hydrogen) atoms. The van der Waals surface area contributed by atoms with E-state index in [2.05, 4.69) is 9.97 Å². The van der Waals surface area contributed by atoms with Crippen LogP contribution in [0, 0.1) is 0 Å². The first kappa shape index (κ1) is 25.2. The lowest BCUT2D eigenvalue weighted by Crippen LogP contribution is -2.14. The third kappa shape index (κ3) is 5.30. The Hall–Kier alpha value is -4.44. The van der Waals surface area contributed by atoms with Gasteiger partial charge in [-0.15, -0.1) is 0 Å². The summed E-state index contributed by atoms with van der Waals surface area (Å²) in [6.07, 6.45) is 3.96. The van der Waals surface area contributed by atoms with E-state index in [4.69, 9.17) is 9.47 Å². The standard InChI is InChI=1S/C28H20F3N3O3S/c1-36-24-7-4-5-19(25(24)37-17-21-6-2-3-14-32-21)10-13-22-16-34-26(35)23(15-33-27(34)38-22)18-8-11-20(12-9-18)28(29,30)31/h2-16H,17H2,1H3/b13-10+. The van der Waals surface area contributed by atoms with Gasteiger partial charge in [0.05, 0.1) is 23.9 Å². The third-order valence-corrected chi connectivity index (χ3v) is 6.66. The maximum Gasteiger partial charge on any atom is 0.416 e. The summed E-state index contributed by atoms with van der Waals surface area (Å²) < 4.78 is 51.6. The van der Waals surface area contributed by atoms with E-state index in [1.54, 1.807) is 25.6 Å². The Kier molecular flexibility index (Phi) is 6.97. The largest absolute Gasteiger partial charge is 0.493 e. The molecular formula is C28H20F3N3O3S. The second kappa shape index (κ2) is 10.5. The molecule has 192 valence electrons. The minimum absolute atomic E-state index is 0.211. The number of thiazole rings is 1. The molecule has 0 aliphatic rings. The molecule has 2 aromatic carbocycles. The average molecular weight is 536 g/mol. The zero-order chi connectivity index (χ0) is 26.7. The molecule has 0 saturated carbocycles. The Morgan fingerprint density at radius 1 is 1.00 bits per heavy atom. The van der Waals surface area contributed by atoms with E-state index < -0.39 is 11.7 Å². The Morgan fingerprint density at radius 2 is 1.82 bits per heavy atom. The van der Waals surface area contributed by atoms with Crippen molar-refractivity contribution in [2.75, 3.05) is 7.11 Å². The summed E-state index contributed by atoms with van der Waals surface area (Å²) in [4.78, 5) is 22.9. The first-order valence-corrected chi connectivity index (χ1v) is 12.2. The molecule has 0 amide bonds. The highest BCUT2D eigenvalue weighted by Gasteiger charge is 2.30. The Labute approximate surface area is 219 Å². The summed E-state index contributed by atoms with van der Waals surface area (Å²) in [5, 5.41) is 0. The lowest BCUT2D eigenvalue weighted by atomic mass is 10.1. The van der Waals surface area contributed by atoms with Crippen molar-refractivity contribution < 1.29 is 22.6 Å². The molecule has 0 aliphatic carbocycles. The van der Waals surface area contributed by atoms with E-state index in [0.29, 0.717) is 22.0 Å². The molecule has 0 aliphatic heterocycles. The number of benzene rings is 2. The first-order chi connectivity index (χ1) is 18.3. The molecule has 0 saturated heterocycles. The molecule has 0 N–H and O–H groups in total. The number of para-hydroxylation sites is 1. The van der Waals surface area contributed by atoms with Crippen LogP contribution < -0.4 is 15.0 Å². The predicted octanol–water partition coefficient (Wildman–Crippen LogP) is 6.59. The van der Waals surface area contributed by atoms with E-state index in [9.17, 15) is 18.0 Å². The van der Waals surface area contributed by atoms with Crippen molar-refractivity contribution >= 4 is 28.4 Å². The van der Waals surface area contributed by atoms with E-state index in [1.165, 1.54) is 34.1 Å². The van der Waals surface area contributed by atoms with Gasteiger partial charge in [-0.3, -0.25) is 14.2 Å². The zero-order valence-electron chi connectivity index (χ0n) is 20.0. The van der Waals surface area contributed by atoms with E-state index in [-0.39, 0.29) is 17.7 Å². The smallest absolute Gasteiger partial charge is 0.416 e. The van der Waals surface area contributed by atoms with E-state index >= 15 is 0 Å². The van der Waals surface area contributed by atoms with Gasteiger partial charge < -0.3 is 9.47 Å². The van der Waals surface area contributed by atoms with Gasteiger partial charge in [-0.25, -0.2) is 4.98 Å². The number of pyridine rings is 1. The fraction of sp³-hybridized carbons (Fsp3) is 0.107. The number of ether oxygens (including phenoxy) is 2. The molecule has 0 spiro atoms. The van der Waals surface area contributed by atoms with Gasteiger partial charge in [0.1, 0.15) is 6.61 Å². The lowest BCUT2D eigenvalue weighted by Gasteiger charge is -2.13. The summed E-state index contributed by atoms with van der Waals surface area (Å²) in [7, 11) is 1.56. The number of alkyl halides is 3. The molecule has 5 aromatic rings. The highest BCUT2D eigenvalue weighted by molar-refractivity contribution is 7.17. The second-order valence-electron chi connectivity index (χ2n) is 8.16. The number of aromatic nitrogens is 3. The summed E-state index contributed by atoms with van der Waals surface area (Å²) >= 11 is 1.30. The van der Waals surface area contributed by atoms with Crippen molar-refractivity contribution in [3.05, 3.63) is 111 Å². The quantitative estimate of drug-likeness (QED) is 0.235. The molecule has 10 heteroatoms. The Balaban J connectivity index is 1.43. The van der Waals surface area contributed by atoms with Gasteiger partial charge >= 0.3 is 6.18 Å². The van der Waals surface area contributed by atoms with Crippen LogP contribution in [0.15, 0.2) is 84.0 Å². The summed E-state index contributed by atoms with van der Waals surface area (Å²) in [5.41, 5.74) is 0.961. The lowest BCUT2D eigenvalue weighted by molar-refractivity contribution is -0.137. The number of hydrogen-bond acceptors (Lipinski definition) is 6. The molecule has 5 rings (SSSR count). The van der Waals surface area contributed by atoms with Crippen molar-refractivity contribution in [3.8, 4) is 22.6 Å². The minimum Gasteiger partial charge on any atom is -0.493 e. The SMILES string of the molecule is COc1cccc(/C=C/c2cn3c(=O)c(-c4ccc(C(F)(F)F)cc4)cnc3s2)c1OCc1ccccn1. The Morgan fingerprint density at radius 3 is 2.53 bits per heavy atom. The number of hydrogen-bond donors (Lipinski definition) is 0. The topological polar surface area (TPSA) is 65.7 Å². The number of methoxy groups -OCH3 is 1. The third-order valence-electron chi connectivity index (χ3n) is 5.70. The van der Waals surface area contributed by atoms with Crippen LogP contribution in [0.25, 0.3) is 28.2 Å². The van der Waals surface area contributed by atoms with Crippen LogP contribution in [0.2, 0.25) is 0 Å². The van der Waals surface area contributed by atoms with Crippen LogP contribution in [0.4, 0.5) is 13.2 Å². The summed E-state index contributed by atoms with van der Waals surface area (Å²) in [5.74, 6) is 1.12. The fourth-order valence-corrected chi connectivity index (χ4v) is 4.64. The van der Waals surface area contributed by atoms with Crippen LogP contribution in [0.3, 0.4) is 0 Å². The molecule has 3 heterocycles. The van der Waals surface area contributed by atoms with Gasteiger partial charge in [-0.1, -0.05) is 41.7 Å². The van der Waals surface area contributed by atoms with Crippen LogP contribution in [-0.2, 0) is 12.8 Å². The second-order valence-corrected chi connectivity index (χ2v) is 9.20. The Bertz CT molecular complexity index is 1660. The maximum absolute atomic E-state index is 13.1. The summed E-state index contributed by atoms with van der Waals surface area (Å²) in [6, 6.07) is 15.6. The maximum atomic E-state index is 13.1. The van der Waals surface area contributed by atoms with Crippen LogP contribution >= 0.6 is 11.3 Å². The van der Waals surface area contributed by atoms with Crippen molar-refractivity contribution in [2.24, 2.45) is 0 Å². The average Bonchev–Trinajstić information content (AvgIpc) is 3.35. The molecule has 0 radical (unpaired) electrons. The van der Waals surface area contributed by atoms with Gasteiger partial charge in [0.15, 0.2) is 16.5 Å². The van der Waals surface area contributed by atoms with Gasteiger partial charge in [0, 0.05) is 29.0 Å². The zero-order valence-corrected chi connectivity index (χ0v) is 20.8. The van der Waals surface area contributed by atoms with Crippen LogP contribution in [0.1, 0.15) is 21.7 Å². The molecular weight excluding hydrogens is 515 g/mol. The summed E-state index contributed by atoms with van der Waals surface area (Å²) in [6.45, 7) is 0.261. The normalized spacial score (nSPS) is 11.8. The van der Waals surface area contributed by atoms with Crippen molar-refractivity contribution in [1.82, 2.24) is 14.4 Å². The predicted molar refractivity (Wildman–Crippen MR) is 140 cm³/mol. The fourth-order valence-electron chi connectivity index (χ4n) is 3.80. The van der Waals surface area contributed by atoms with Crippen LogP contribution in [0.5, 0.6) is 11.5 Å². The highest BCUT2D eigenvalue weighted by Crippen LogP contribution is 2.34.